The van der Waals surface area contributed by atoms with Crippen molar-refractivity contribution in [1.29, 1.82) is 0 Å². The first-order valence-corrected chi connectivity index (χ1v) is 17.2. The zero-order valence-corrected chi connectivity index (χ0v) is 30.6. The highest BCUT2D eigenvalue weighted by Crippen LogP contribution is 2.30. The van der Waals surface area contributed by atoms with Gasteiger partial charge in [0.2, 0.25) is 0 Å². The summed E-state index contributed by atoms with van der Waals surface area (Å²) in [5.74, 6) is 0.882. The normalized spacial score (nSPS) is 10.8. The molecule has 55 heavy (non-hydrogen) atoms. The summed E-state index contributed by atoms with van der Waals surface area (Å²) < 4.78 is 32.2. The number of unbranched alkanes of at least 4 members (excludes halogenated alkanes) is 3. The summed E-state index contributed by atoms with van der Waals surface area (Å²) in [7, 11) is 2.97. The fourth-order valence-corrected chi connectivity index (χ4v) is 4.68. The van der Waals surface area contributed by atoms with Crippen LogP contribution in [0.15, 0.2) is 120 Å². The number of rotatable bonds is 22. The maximum atomic E-state index is 12.8. The fourth-order valence-electron chi connectivity index (χ4n) is 4.68. The van der Waals surface area contributed by atoms with Crippen molar-refractivity contribution in [2.24, 2.45) is 10.2 Å². The standard InChI is InChI=1S/C42H42N2O11/c1-5-40(45)51-24-10-8-7-9-23-50-36-22-16-33(26-39(36)49-4)42(47)53-34-17-11-30(12-18-34)27-43-44-28-31-13-19-35(20-14-31)55-52-29-32-15-21-37(38(25-32)48-3)54-41(46)6-2/h5-6,11-22,25-28H,1-2,7-10,23-24,29H2,3-4H3/b43-27+,44-28+. The Labute approximate surface area is 319 Å². The van der Waals surface area contributed by atoms with Crippen LogP contribution in [0.2, 0.25) is 0 Å². The van der Waals surface area contributed by atoms with Gasteiger partial charge in [0.1, 0.15) is 12.4 Å². The van der Waals surface area contributed by atoms with Gasteiger partial charge in [0.25, 0.3) is 0 Å². The van der Waals surface area contributed by atoms with Crippen LogP contribution in [0, 0.1) is 0 Å². The Hall–Kier alpha value is -6.73. The SMILES string of the molecule is C=CC(=O)OCCCCCCOc1ccc(C(=O)Oc2ccc(/C=N/N=C/c3ccc(OOCc4ccc(OC(=O)C=C)c(OC)c4)cc3)cc2)cc1OC. The van der Waals surface area contributed by atoms with E-state index in [9.17, 15) is 14.4 Å². The molecule has 0 saturated heterocycles. The van der Waals surface area contributed by atoms with Crippen LogP contribution in [-0.2, 0) is 25.8 Å². The van der Waals surface area contributed by atoms with Gasteiger partial charge in [-0.15, -0.1) is 0 Å². The molecule has 0 N–H and O–H groups in total. The van der Waals surface area contributed by atoms with Crippen LogP contribution in [0.25, 0.3) is 0 Å². The van der Waals surface area contributed by atoms with Gasteiger partial charge < -0.3 is 33.3 Å². The summed E-state index contributed by atoms with van der Waals surface area (Å²) in [6.45, 7) is 7.72. The van der Waals surface area contributed by atoms with Crippen molar-refractivity contribution in [1.82, 2.24) is 0 Å². The topological polar surface area (TPSA) is 150 Å². The molecule has 0 atom stereocenters. The van der Waals surface area contributed by atoms with Gasteiger partial charge in [-0.05, 0) is 121 Å². The molecule has 4 rings (SSSR count). The van der Waals surface area contributed by atoms with Gasteiger partial charge in [-0.25, -0.2) is 14.4 Å². The highest BCUT2D eigenvalue weighted by atomic mass is 17.2. The van der Waals surface area contributed by atoms with Gasteiger partial charge in [0, 0.05) is 12.2 Å². The molecule has 286 valence electrons. The molecule has 0 saturated carbocycles. The lowest BCUT2D eigenvalue weighted by Gasteiger charge is -2.12. The van der Waals surface area contributed by atoms with Gasteiger partial charge in [-0.3, -0.25) is 0 Å². The van der Waals surface area contributed by atoms with E-state index < -0.39 is 17.9 Å². The summed E-state index contributed by atoms with van der Waals surface area (Å²) in [6.07, 6.45) is 8.78. The largest absolute Gasteiger partial charge is 0.493 e. The average molecular weight is 751 g/mol. The molecule has 4 aromatic rings. The third-order valence-electron chi connectivity index (χ3n) is 7.54. The van der Waals surface area contributed by atoms with Crippen molar-refractivity contribution in [2.45, 2.75) is 32.3 Å². The lowest BCUT2D eigenvalue weighted by Crippen LogP contribution is -2.09. The van der Waals surface area contributed by atoms with E-state index in [1.807, 2.05) is 0 Å². The van der Waals surface area contributed by atoms with Gasteiger partial charge in [-0.1, -0.05) is 19.2 Å². The third kappa shape index (κ3) is 14.0. The molecule has 0 radical (unpaired) electrons. The number of hydrogen-bond acceptors (Lipinski definition) is 13. The van der Waals surface area contributed by atoms with Crippen molar-refractivity contribution in [3.05, 3.63) is 132 Å². The Bertz CT molecular complexity index is 1960. The smallest absolute Gasteiger partial charge is 0.343 e. The van der Waals surface area contributed by atoms with E-state index >= 15 is 0 Å². The first-order valence-electron chi connectivity index (χ1n) is 17.2. The maximum absolute atomic E-state index is 12.8. The first kappa shape index (κ1) is 41.0. The minimum Gasteiger partial charge on any atom is -0.493 e. The molecule has 0 fully saturated rings. The Morgan fingerprint density at radius 2 is 1.22 bits per heavy atom. The van der Waals surface area contributed by atoms with Crippen LogP contribution in [0.4, 0.5) is 0 Å². The number of nitrogens with zero attached hydrogens (tertiary/aromatic N) is 2. The highest BCUT2D eigenvalue weighted by Gasteiger charge is 2.14. The molecule has 0 aliphatic rings. The molecular weight excluding hydrogens is 708 g/mol. The molecule has 0 unspecified atom stereocenters. The molecule has 13 nitrogen and oxygen atoms in total. The number of carbonyl (C=O) groups is 3. The molecule has 13 heteroatoms. The number of carbonyl (C=O) groups excluding carboxylic acids is 3. The van der Waals surface area contributed by atoms with E-state index in [1.54, 1.807) is 97.4 Å². The van der Waals surface area contributed by atoms with Crippen molar-refractivity contribution >= 4 is 30.3 Å². The Morgan fingerprint density at radius 3 is 1.85 bits per heavy atom. The van der Waals surface area contributed by atoms with E-state index in [0.717, 1.165) is 54.5 Å². The number of benzene rings is 4. The molecule has 4 aromatic carbocycles. The summed E-state index contributed by atoms with van der Waals surface area (Å²) in [5.41, 5.74) is 2.59. The van der Waals surface area contributed by atoms with E-state index in [2.05, 4.69) is 23.4 Å². The molecule has 0 spiro atoms. The molecule has 0 aromatic heterocycles. The number of ether oxygens (including phenoxy) is 6. The van der Waals surface area contributed by atoms with Gasteiger partial charge in [-0.2, -0.15) is 15.1 Å². The molecule has 0 aliphatic heterocycles. The van der Waals surface area contributed by atoms with Crippen LogP contribution >= 0.6 is 0 Å². The van der Waals surface area contributed by atoms with Crippen molar-refractivity contribution in [3.8, 4) is 34.5 Å². The third-order valence-corrected chi connectivity index (χ3v) is 7.54. The van der Waals surface area contributed by atoms with E-state index in [1.165, 1.54) is 14.2 Å². The average Bonchev–Trinajstić information content (AvgIpc) is 3.21. The van der Waals surface area contributed by atoms with Crippen LogP contribution in [0.1, 0.15) is 52.7 Å². The summed E-state index contributed by atoms with van der Waals surface area (Å²) in [5, 5.41) is 8.19. The predicted molar refractivity (Wildman–Crippen MR) is 205 cm³/mol. The minimum absolute atomic E-state index is 0.121. The molecule has 0 heterocycles. The number of esters is 3. The quantitative estimate of drug-likeness (QED) is 0.0148. The van der Waals surface area contributed by atoms with Gasteiger partial charge in [0.15, 0.2) is 28.7 Å². The van der Waals surface area contributed by atoms with Crippen molar-refractivity contribution in [3.63, 3.8) is 0 Å². The second-order valence-electron chi connectivity index (χ2n) is 11.5. The molecular formula is C42H42N2O11. The monoisotopic (exact) mass is 750 g/mol. The van der Waals surface area contributed by atoms with E-state index in [4.69, 9.17) is 38.2 Å². The minimum atomic E-state index is -0.588. The Kier molecular flexibility index (Phi) is 16.7. The summed E-state index contributed by atoms with van der Waals surface area (Å²) >= 11 is 0. The van der Waals surface area contributed by atoms with E-state index in [-0.39, 0.29) is 12.4 Å². The Balaban J connectivity index is 1.17. The maximum Gasteiger partial charge on any atom is 0.343 e. The van der Waals surface area contributed by atoms with Gasteiger partial charge in [0.05, 0.1) is 45.4 Å². The van der Waals surface area contributed by atoms with E-state index in [0.29, 0.717) is 47.5 Å². The molecule has 0 amide bonds. The lowest BCUT2D eigenvalue weighted by atomic mass is 10.2. The van der Waals surface area contributed by atoms with Gasteiger partial charge >= 0.3 is 17.9 Å². The summed E-state index contributed by atoms with van der Waals surface area (Å²) in [6, 6.07) is 23.7. The highest BCUT2D eigenvalue weighted by molar-refractivity contribution is 5.92. The zero-order valence-electron chi connectivity index (χ0n) is 30.6. The van der Waals surface area contributed by atoms with Crippen LogP contribution in [0.5, 0.6) is 34.5 Å². The number of methoxy groups -OCH3 is 2. The first-order chi connectivity index (χ1) is 26.8. The fraction of sp³-hybridized carbons (Fsp3) is 0.214. The van der Waals surface area contributed by atoms with Crippen LogP contribution < -0.4 is 28.6 Å². The summed E-state index contributed by atoms with van der Waals surface area (Å²) in [4.78, 5) is 46.1. The zero-order chi connectivity index (χ0) is 39.3. The van der Waals surface area contributed by atoms with Crippen molar-refractivity contribution < 1.29 is 52.6 Å². The number of hydrogen-bond donors (Lipinski definition) is 0. The second kappa shape index (κ2) is 22.4. The lowest BCUT2D eigenvalue weighted by molar-refractivity contribution is -0.217. The van der Waals surface area contributed by atoms with Crippen LogP contribution in [-0.4, -0.2) is 57.8 Å². The van der Waals surface area contributed by atoms with Crippen LogP contribution in [0.3, 0.4) is 0 Å². The predicted octanol–water partition coefficient (Wildman–Crippen LogP) is 7.65. The molecule has 0 aliphatic carbocycles. The second-order valence-corrected chi connectivity index (χ2v) is 11.5. The Morgan fingerprint density at radius 1 is 0.618 bits per heavy atom. The van der Waals surface area contributed by atoms with Crippen molar-refractivity contribution in [2.75, 3.05) is 27.4 Å². The molecule has 0 bridgehead atoms.